The monoisotopic (exact) mass is 282 g/mol. The number of carbonyl (C=O) groups excluding carboxylic acids is 1. The molecule has 0 bridgehead atoms. The lowest BCUT2D eigenvalue weighted by atomic mass is 9.89. The largest absolute Gasteiger partial charge is 0.393 e. The number of likely N-dealkylation sites (tertiary alicyclic amines) is 1. The summed E-state index contributed by atoms with van der Waals surface area (Å²) >= 11 is 1.46. The number of amides is 1. The van der Waals surface area contributed by atoms with Crippen molar-refractivity contribution in [1.82, 2.24) is 4.90 Å². The van der Waals surface area contributed by atoms with Gasteiger partial charge in [-0.2, -0.15) is 0 Å². The standard InChI is InChI=1S/C14H22N2O2S/c1-2-12(17)7-10-6-11(15)9-16(8-10)14(18)13-4-3-5-19-13/h3-5,10-12,17H,2,6-9,15H2,1H3. The van der Waals surface area contributed by atoms with Gasteiger partial charge in [-0.1, -0.05) is 13.0 Å². The summed E-state index contributed by atoms with van der Waals surface area (Å²) in [5, 5.41) is 11.7. The Bertz CT molecular complexity index is 408. The zero-order chi connectivity index (χ0) is 13.8. The van der Waals surface area contributed by atoms with Gasteiger partial charge in [0.1, 0.15) is 0 Å². The Morgan fingerprint density at radius 3 is 3.05 bits per heavy atom. The topological polar surface area (TPSA) is 66.6 Å². The Hall–Kier alpha value is -0.910. The van der Waals surface area contributed by atoms with Gasteiger partial charge in [0.25, 0.3) is 5.91 Å². The van der Waals surface area contributed by atoms with Crippen molar-refractivity contribution in [2.75, 3.05) is 13.1 Å². The number of rotatable bonds is 4. The van der Waals surface area contributed by atoms with E-state index in [2.05, 4.69) is 0 Å². The van der Waals surface area contributed by atoms with Crippen LogP contribution < -0.4 is 5.73 Å². The van der Waals surface area contributed by atoms with E-state index in [1.807, 2.05) is 29.3 Å². The Balaban J connectivity index is 1.99. The van der Waals surface area contributed by atoms with E-state index in [1.165, 1.54) is 11.3 Å². The fourth-order valence-electron chi connectivity index (χ4n) is 2.69. The summed E-state index contributed by atoms with van der Waals surface area (Å²) in [7, 11) is 0. The van der Waals surface area contributed by atoms with Crippen molar-refractivity contribution in [3.8, 4) is 0 Å². The van der Waals surface area contributed by atoms with E-state index in [-0.39, 0.29) is 18.1 Å². The number of thiophene rings is 1. The van der Waals surface area contributed by atoms with E-state index in [1.54, 1.807) is 0 Å². The third-order valence-corrected chi connectivity index (χ3v) is 4.52. The van der Waals surface area contributed by atoms with E-state index >= 15 is 0 Å². The third kappa shape index (κ3) is 3.78. The first-order chi connectivity index (χ1) is 9.10. The van der Waals surface area contributed by atoms with Gasteiger partial charge in [-0.25, -0.2) is 0 Å². The highest BCUT2D eigenvalue weighted by molar-refractivity contribution is 7.12. The number of aliphatic hydroxyl groups excluding tert-OH is 1. The van der Waals surface area contributed by atoms with Crippen molar-refractivity contribution < 1.29 is 9.90 Å². The first-order valence-corrected chi connectivity index (χ1v) is 7.74. The van der Waals surface area contributed by atoms with Crippen LogP contribution in [-0.4, -0.2) is 41.1 Å². The molecule has 2 heterocycles. The average molecular weight is 282 g/mol. The predicted octanol–water partition coefficient (Wildman–Crippen LogP) is 1.70. The van der Waals surface area contributed by atoms with Crippen molar-refractivity contribution >= 4 is 17.2 Å². The van der Waals surface area contributed by atoms with Crippen LogP contribution in [0.1, 0.15) is 35.9 Å². The van der Waals surface area contributed by atoms with Gasteiger partial charge in [0.15, 0.2) is 0 Å². The SMILES string of the molecule is CCC(O)CC1CC(N)CN(C(=O)c2cccs2)C1. The minimum absolute atomic E-state index is 0.0201. The van der Waals surface area contributed by atoms with Crippen molar-refractivity contribution in [3.05, 3.63) is 22.4 Å². The molecule has 0 aromatic carbocycles. The lowest BCUT2D eigenvalue weighted by molar-refractivity contribution is 0.0573. The second-order valence-electron chi connectivity index (χ2n) is 5.35. The number of nitrogens with zero attached hydrogens (tertiary/aromatic N) is 1. The molecule has 1 saturated heterocycles. The Labute approximate surface area is 118 Å². The molecule has 3 N–H and O–H groups in total. The van der Waals surface area contributed by atoms with Crippen molar-refractivity contribution in [2.24, 2.45) is 11.7 Å². The van der Waals surface area contributed by atoms with Crippen molar-refractivity contribution in [2.45, 2.75) is 38.3 Å². The maximum Gasteiger partial charge on any atom is 0.263 e. The van der Waals surface area contributed by atoms with E-state index in [4.69, 9.17) is 5.73 Å². The van der Waals surface area contributed by atoms with Gasteiger partial charge in [-0.3, -0.25) is 4.79 Å². The fraction of sp³-hybridized carbons (Fsp3) is 0.643. The van der Waals surface area contributed by atoms with Gasteiger partial charge in [0, 0.05) is 19.1 Å². The Morgan fingerprint density at radius 2 is 2.42 bits per heavy atom. The number of nitrogens with two attached hydrogens (primary N) is 1. The van der Waals surface area contributed by atoms with Gasteiger partial charge < -0.3 is 15.7 Å². The summed E-state index contributed by atoms with van der Waals surface area (Å²) < 4.78 is 0. The number of aliphatic hydroxyl groups is 1. The third-order valence-electron chi connectivity index (χ3n) is 3.67. The number of hydrogen-bond acceptors (Lipinski definition) is 4. The molecular weight excluding hydrogens is 260 g/mol. The highest BCUT2D eigenvalue weighted by Crippen LogP contribution is 2.23. The van der Waals surface area contributed by atoms with E-state index in [0.717, 1.165) is 24.1 Å². The Kier molecular flexibility index (Phi) is 4.96. The first kappa shape index (κ1) is 14.5. The molecule has 19 heavy (non-hydrogen) atoms. The van der Waals surface area contributed by atoms with Crippen LogP contribution >= 0.6 is 11.3 Å². The van der Waals surface area contributed by atoms with Crippen LogP contribution in [0.3, 0.4) is 0 Å². The van der Waals surface area contributed by atoms with Gasteiger partial charge in [-0.15, -0.1) is 11.3 Å². The highest BCUT2D eigenvalue weighted by atomic mass is 32.1. The number of hydrogen-bond donors (Lipinski definition) is 2. The van der Waals surface area contributed by atoms with Crippen molar-refractivity contribution in [3.63, 3.8) is 0 Å². The summed E-state index contributed by atoms with van der Waals surface area (Å²) in [5.41, 5.74) is 6.05. The molecule has 0 spiro atoms. The molecule has 0 aliphatic carbocycles. The number of carbonyl (C=O) groups is 1. The van der Waals surface area contributed by atoms with Crippen LogP contribution in [-0.2, 0) is 0 Å². The van der Waals surface area contributed by atoms with Gasteiger partial charge >= 0.3 is 0 Å². The summed E-state index contributed by atoms with van der Waals surface area (Å²) in [5.74, 6) is 0.378. The van der Waals surface area contributed by atoms with Gasteiger partial charge in [-0.05, 0) is 36.6 Å². The lowest BCUT2D eigenvalue weighted by Gasteiger charge is -2.36. The molecule has 1 fully saturated rings. The average Bonchev–Trinajstić information content (AvgIpc) is 2.90. The van der Waals surface area contributed by atoms with Gasteiger partial charge in [0.05, 0.1) is 11.0 Å². The smallest absolute Gasteiger partial charge is 0.263 e. The molecule has 1 aromatic rings. The molecule has 0 saturated carbocycles. The summed E-state index contributed by atoms with van der Waals surface area (Å²) in [6.07, 6.45) is 2.10. The minimum Gasteiger partial charge on any atom is -0.393 e. The maximum absolute atomic E-state index is 12.3. The van der Waals surface area contributed by atoms with Crippen LogP contribution in [0.5, 0.6) is 0 Å². The first-order valence-electron chi connectivity index (χ1n) is 6.86. The molecule has 106 valence electrons. The van der Waals surface area contributed by atoms with Crippen LogP contribution in [0.15, 0.2) is 17.5 Å². The van der Waals surface area contributed by atoms with E-state index < -0.39 is 0 Å². The highest BCUT2D eigenvalue weighted by Gasteiger charge is 2.29. The predicted molar refractivity (Wildman–Crippen MR) is 77.2 cm³/mol. The quantitative estimate of drug-likeness (QED) is 0.883. The van der Waals surface area contributed by atoms with E-state index in [9.17, 15) is 9.90 Å². The molecule has 3 unspecified atom stereocenters. The Morgan fingerprint density at radius 1 is 1.63 bits per heavy atom. The van der Waals surface area contributed by atoms with Crippen molar-refractivity contribution in [1.29, 1.82) is 0 Å². The summed E-state index contributed by atoms with van der Waals surface area (Å²) in [6, 6.07) is 3.76. The number of piperidine rings is 1. The molecule has 1 aliphatic heterocycles. The van der Waals surface area contributed by atoms with Crippen LogP contribution in [0, 0.1) is 5.92 Å². The molecule has 2 rings (SSSR count). The molecule has 5 heteroatoms. The van der Waals surface area contributed by atoms with Crippen LogP contribution in [0.2, 0.25) is 0 Å². The zero-order valence-electron chi connectivity index (χ0n) is 11.3. The molecule has 1 aromatic heterocycles. The summed E-state index contributed by atoms with van der Waals surface area (Å²) in [6.45, 7) is 3.30. The van der Waals surface area contributed by atoms with Crippen LogP contribution in [0.25, 0.3) is 0 Å². The normalized spacial score (nSPS) is 25.3. The van der Waals surface area contributed by atoms with E-state index in [0.29, 0.717) is 19.0 Å². The second kappa shape index (κ2) is 6.50. The maximum atomic E-state index is 12.3. The fourth-order valence-corrected chi connectivity index (χ4v) is 3.38. The van der Waals surface area contributed by atoms with Crippen LogP contribution in [0.4, 0.5) is 0 Å². The molecular formula is C14H22N2O2S. The molecule has 3 atom stereocenters. The second-order valence-corrected chi connectivity index (χ2v) is 6.29. The zero-order valence-corrected chi connectivity index (χ0v) is 12.1. The lowest BCUT2D eigenvalue weighted by Crippen LogP contribution is -2.49. The minimum atomic E-state index is -0.283. The molecule has 0 radical (unpaired) electrons. The molecule has 1 amide bonds. The molecule has 1 aliphatic rings. The van der Waals surface area contributed by atoms with Gasteiger partial charge in [0.2, 0.25) is 0 Å². The summed E-state index contributed by atoms with van der Waals surface area (Å²) in [4.78, 5) is 14.9. The molecule has 4 nitrogen and oxygen atoms in total.